The first-order valence-corrected chi connectivity index (χ1v) is 8.51. The topological polar surface area (TPSA) is 16.1 Å². The van der Waals surface area contributed by atoms with Crippen LogP contribution in [0.4, 0.5) is 0 Å². The molecule has 1 aromatic rings. The summed E-state index contributed by atoms with van der Waals surface area (Å²) in [5.74, 6) is 1.50. The Balaban J connectivity index is 1.66. The van der Waals surface area contributed by atoms with Gasteiger partial charge in [0.05, 0.1) is 18.1 Å². The molecular formula is C14H21ClN2S. The number of thiazole rings is 1. The minimum atomic E-state index is 0.544. The largest absolute Gasteiger partial charge is 0.293 e. The SMILES string of the molecule is ClCc1csc(CN2CCC[C@H]3CCCC[C@H]32)n1. The van der Waals surface area contributed by atoms with E-state index in [1.165, 1.54) is 50.1 Å². The molecule has 1 saturated carbocycles. The minimum absolute atomic E-state index is 0.544. The molecule has 0 unspecified atom stereocenters. The molecule has 1 aliphatic carbocycles. The summed E-state index contributed by atoms with van der Waals surface area (Å²) < 4.78 is 0. The van der Waals surface area contributed by atoms with Crippen LogP contribution in [0.25, 0.3) is 0 Å². The van der Waals surface area contributed by atoms with Crippen molar-refractivity contribution >= 4 is 22.9 Å². The fourth-order valence-corrected chi connectivity index (χ4v) is 4.63. The lowest BCUT2D eigenvalue weighted by Crippen LogP contribution is -2.46. The highest BCUT2D eigenvalue weighted by Gasteiger charge is 2.33. The van der Waals surface area contributed by atoms with Gasteiger partial charge in [0.25, 0.3) is 0 Å². The monoisotopic (exact) mass is 284 g/mol. The second-order valence-electron chi connectivity index (χ2n) is 5.59. The summed E-state index contributed by atoms with van der Waals surface area (Å²) in [6.45, 7) is 2.31. The van der Waals surface area contributed by atoms with E-state index in [9.17, 15) is 0 Å². The maximum Gasteiger partial charge on any atom is 0.107 e. The fourth-order valence-electron chi connectivity index (χ4n) is 3.58. The molecule has 2 atom stereocenters. The van der Waals surface area contributed by atoms with Crippen LogP contribution >= 0.6 is 22.9 Å². The fraction of sp³-hybridized carbons (Fsp3) is 0.786. The number of fused-ring (bicyclic) bond motifs is 1. The third kappa shape index (κ3) is 2.73. The van der Waals surface area contributed by atoms with E-state index in [0.717, 1.165) is 24.2 Å². The average molecular weight is 285 g/mol. The lowest BCUT2D eigenvalue weighted by Gasteiger charge is -2.43. The van der Waals surface area contributed by atoms with Crippen molar-refractivity contribution < 1.29 is 0 Å². The van der Waals surface area contributed by atoms with Crippen molar-refractivity contribution in [3.05, 3.63) is 16.1 Å². The Morgan fingerprint density at radius 3 is 2.94 bits per heavy atom. The van der Waals surface area contributed by atoms with E-state index in [1.54, 1.807) is 11.3 Å². The van der Waals surface area contributed by atoms with Crippen LogP contribution in [0.1, 0.15) is 49.2 Å². The summed E-state index contributed by atoms with van der Waals surface area (Å²) in [4.78, 5) is 7.29. The molecule has 2 aliphatic rings. The van der Waals surface area contributed by atoms with E-state index in [0.29, 0.717) is 5.88 Å². The first-order valence-electron chi connectivity index (χ1n) is 7.10. The van der Waals surface area contributed by atoms with Crippen LogP contribution in [0.2, 0.25) is 0 Å². The van der Waals surface area contributed by atoms with Crippen LogP contribution < -0.4 is 0 Å². The molecule has 4 heteroatoms. The number of alkyl halides is 1. The number of aromatic nitrogens is 1. The molecule has 0 amide bonds. The second kappa shape index (κ2) is 5.89. The molecule has 18 heavy (non-hydrogen) atoms. The predicted molar refractivity (Wildman–Crippen MR) is 77.1 cm³/mol. The summed E-state index contributed by atoms with van der Waals surface area (Å²) >= 11 is 7.59. The predicted octanol–water partition coefficient (Wildman–Crippen LogP) is 4.04. The summed E-state index contributed by atoms with van der Waals surface area (Å²) in [5, 5.41) is 3.35. The zero-order chi connectivity index (χ0) is 12.4. The molecule has 0 aromatic carbocycles. The van der Waals surface area contributed by atoms with Gasteiger partial charge >= 0.3 is 0 Å². The van der Waals surface area contributed by atoms with E-state index in [4.69, 9.17) is 11.6 Å². The lowest BCUT2D eigenvalue weighted by molar-refractivity contribution is 0.0546. The normalized spacial score (nSPS) is 29.2. The Morgan fingerprint density at radius 2 is 2.11 bits per heavy atom. The van der Waals surface area contributed by atoms with Crippen molar-refractivity contribution in [1.29, 1.82) is 0 Å². The number of piperidine rings is 1. The standard InChI is InChI=1S/C14H21ClN2S/c15-8-12-10-18-14(16-12)9-17-7-3-5-11-4-1-2-6-13(11)17/h10-11,13H,1-9H2/t11-,13-/m1/s1. The molecule has 1 saturated heterocycles. The van der Waals surface area contributed by atoms with Gasteiger partial charge in [-0.15, -0.1) is 22.9 Å². The van der Waals surface area contributed by atoms with Crippen LogP contribution in [0, 0.1) is 5.92 Å². The zero-order valence-corrected chi connectivity index (χ0v) is 12.3. The van der Waals surface area contributed by atoms with E-state index in [2.05, 4.69) is 15.3 Å². The smallest absolute Gasteiger partial charge is 0.107 e. The Labute approximate surface area is 118 Å². The van der Waals surface area contributed by atoms with Gasteiger partial charge in [-0.05, 0) is 38.1 Å². The van der Waals surface area contributed by atoms with Crippen molar-refractivity contribution in [3.8, 4) is 0 Å². The Morgan fingerprint density at radius 1 is 1.28 bits per heavy atom. The van der Waals surface area contributed by atoms with Crippen LogP contribution in [0.15, 0.2) is 5.38 Å². The number of likely N-dealkylation sites (tertiary alicyclic amines) is 1. The van der Waals surface area contributed by atoms with Crippen LogP contribution in [0.3, 0.4) is 0 Å². The van der Waals surface area contributed by atoms with Gasteiger partial charge in [-0.3, -0.25) is 4.90 Å². The third-order valence-corrected chi connectivity index (χ3v) is 5.59. The zero-order valence-electron chi connectivity index (χ0n) is 10.8. The molecule has 0 radical (unpaired) electrons. The highest BCUT2D eigenvalue weighted by atomic mass is 35.5. The molecule has 0 bridgehead atoms. The second-order valence-corrected chi connectivity index (χ2v) is 6.80. The lowest BCUT2D eigenvalue weighted by atomic mass is 9.78. The summed E-state index contributed by atoms with van der Waals surface area (Å²) in [6, 6.07) is 0.829. The summed E-state index contributed by atoms with van der Waals surface area (Å²) in [7, 11) is 0. The van der Waals surface area contributed by atoms with E-state index in [1.807, 2.05) is 0 Å². The molecule has 2 heterocycles. The van der Waals surface area contributed by atoms with Gasteiger partial charge in [-0.2, -0.15) is 0 Å². The number of hydrogen-bond acceptors (Lipinski definition) is 3. The highest BCUT2D eigenvalue weighted by Crippen LogP contribution is 2.36. The first kappa shape index (κ1) is 12.9. The van der Waals surface area contributed by atoms with Gasteiger partial charge < -0.3 is 0 Å². The van der Waals surface area contributed by atoms with Gasteiger partial charge in [0.15, 0.2) is 0 Å². The molecule has 2 fully saturated rings. The molecule has 1 aliphatic heterocycles. The first-order chi connectivity index (χ1) is 8.86. The van der Waals surface area contributed by atoms with Crippen LogP contribution in [-0.2, 0) is 12.4 Å². The molecule has 1 aromatic heterocycles. The Bertz CT molecular complexity index is 391. The Hall–Kier alpha value is -0.120. The van der Waals surface area contributed by atoms with E-state index >= 15 is 0 Å². The van der Waals surface area contributed by atoms with E-state index < -0.39 is 0 Å². The molecule has 100 valence electrons. The van der Waals surface area contributed by atoms with Crippen molar-refractivity contribution in [1.82, 2.24) is 9.88 Å². The summed E-state index contributed by atoms with van der Waals surface area (Å²) in [6.07, 6.45) is 8.54. The van der Waals surface area contributed by atoms with Gasteiger partial charge in [0.2, 0.25) is 0 Å². The van der Waals surface area contributed by atoms with Gasteiger partial charge in [0, 0.05) is 11.4 Å². The minimum Gasteiger partial charge on any atom is -0.293 e. The van der Waals surface area contributed by atoms with Crippen molar-refractivity contribution in [2.24, 2.45) is 5.92 Å². The Kier molecular flexibility index (Phi) is 4.22. The van der Waals surface area contributed by atoms with E-state index in [-0.39, 0.29) is 0 Å². The van der Waals surface area contributed by atoms with Crippen molar-refractivity contribution in [3.63, 3.8) is 0 Å². The molecule has 0 N–H and O–H groups in total. The van der Waals surface area contributed by atoms with Crippen LogP contribution in [0.5, 0.6) is 0 Å². The number of nitrogens with zero attached hydrogens (tertiary/aromatic N) is 2. The number of hydrogen-bond donors (Lipinski definition) is 0. The molecule has 2 nitrogen and oxygen atoms in total. The van der Waals surface area contributed by atoms with Gasteiger partial charge in [-0.1, -0.05) is 12.8 Å². The molecular weight excluding hydrogens is 264 g/mol. The maximum absolute atomic E-state index is 5.82. The maximum atomic E-state index is 5.82. The summed E-state index contributed by atoms with van der Waals surface area (Å²) in [5.41, 5.74) is 1.04. The molecule has 3 rings (SSSR count). The van der Waals surface area contributed by atoms with Crippen LogP contribution in [-0.4, -0.2) is 22.5 Å². The number of rotatable bonds is 3. The average Bonchev–Trinajstić information content (AvgIpc) is 2.87. The van der Waals surface area contributed by atoms with Gasteiger partial charge in [-0.25, -0.2) is 4.98 Å². The third-order valence-electron chi connectivity index (χ3n) is 4.43. The van der Waals surface area contributed by atoms with Crippen molar-refractivity contribution in [2.75, 3.05) is 6.54 Å². The quantitative estimate of drug-likeness (QED) is 0.779. The van der Waals surface area contributed by atoms with Crippen molar-refractivity contribution in [2.45, 2.75) is 57.0 Å². The molecule has 0 spiro atoms. The van der Waals surface area contributed by atoms with Gasteiger partial charge in [0.1, 0.15) is 5.01 Å². The number of halogens is 1. The highest BCUT2D eigenvalue weighted by molar-refractivity contribution is 7.09.